The lowest BCUT2D eigenvalue weighted by molar-refractivity contribution is -0.379. The van der Waals surface area contributed by atoms with Crippen molar-refractivity contribution in [2.45, 2.75) is 439 Å². The lowest BCUT2D eigenvalue weighted by atomic mass is 9.96. The summed E-state index contributed by atoms with van der Waals surface area (Å²) in [5.74, 6) is -0.278. The zero-order valence-electron chi connectivity index (χ0n) is 61.1. The molecule has 0 aliphatic carbocycles. The van der Waals surface area contributed by atoms with E-state index in [0.29, 0.717) is 12.8 Å². The van der Waals surface area contributed by atoms with Crippen molar-refractivity contribution in [3.63, 3.8) is 0 Å². The Kier molecular flexibility index (Phi) is 55.0. The van der Waals surface area contributed by atoms with E-state index in [9.17, 15) is 61.0 Å². The first-order valence-corrected chi connectivity index (χ1v) is 40.1. The molecule has 17 unspecified atom stereocenters. The topological polar surface area (TPSA) is 307 Å². The van der Waals surface area contributed by atoms with Crippen molar-refractivity contribution < 1.29 is 89.4 Å². The summed E-state index contributed by atoms with van der Waals surface area (Å²) >= 11 is 0. The number of aliphatic hydroxyl groups excluding tert-OH is 11. The molecular weight excluding hydrogens is 1240 g/mol. The summed E-state index contributed by atoms with van der Waals surface area (Å²) in [7, 11) is 0. The predicted molar refractivity (Wildman–Crippen MR) is 383 cm³/mol. The third kappa shape index (κ3) is 40.2. The molecule has 3 heterocycles. The minimum atomic E-state index is -1.98. The second-order valence-corrected chi connectivity index (χ2v) is 28.9. The largest absolute Gasteiger partial charge is 0.394 e. The van der Waals surface area contributed by atoms with Crippen LogP contribution < -0.4 is 5.32 Å². The zero-order valence-corrected chi connectivity index (χ0v) is 61.1. The average Bonchev–Trinajstić information content (AvgIpc) is 0.792. The van der Waals surface area contributed by atoms with E-state index in [-0.39, 0.29) is 18.9 Å². The van der Waals surface area contributed by atoms with Crippen LogP contribution in [-0.4, -0.2) is 193 Å². The predicted octanol–water partition coefficient (Wildman–Crippen LogP) is 13.0. The number of carbonyl (C=O) groups is 1. The SMILES string of the molecule is CCCCCCCCCCCCCCCCCCCCCCCC/C=C/CC/C=C/C(O)C(COC1OC(CO)C(OC2OC(CO)C(OC3OC(CO)C(O)C(O)C3O)C(O)C2O)C(O)C1O)NC(=O)CCCCCCCCCCCCCCCCCCCCCCCCCC. The van der Waals surface area contributed by atoms with Crippen molar-refractivity contribution in [1.82, 2.24) is 5.32 Å². The fourth-order valence-corrected chi connectivity index (χ4v) is 13.8. The Hall–Kier alpha value is -1.73. The van der Waals surface area contributed by atoms with Crippen LogP contribution >= 0.6 is 0 Å². The quantitative estimate of drug-likeness (QED) is 0.0199. The minimum absolute atomic E-state index is 0.241. The number of hydrogen-bond donors (Lipinski definition) is 12. The molecule has 97 heavy (non-hydrogen) atoms. The second-order valence-electron chi connectivity index (χ2n) is 28.9. The Morgan fingerprint density at radius 2 is 0.660 bits per heavy atom. The van der Waals surface area contributed by atoms with E-state index in [1.54, 1.807) is 6.08 Å². The molecule has 12 N–H and O–H groups in total. The van der Waals surface area contributed by atoms with Crippen LogP contribution in [0.25, 0.3) is 0 Å². The summed E-state index contributed by atoms with van der Waals surface area (Å²) in [6, 6.07) is -0.988. The van der Waals surface area contributed by atoms with Crippen LogP contribution in [0.15, 0.2) is 24.3 Å². The Bertz CT molecular complexity index is 1850. The minimum Gasteiger partial charge on any atom is -0.394 e. The molecule has 19 nitrogen and oxygen atoms in total. The number of aliphatic hydroxyl groups is 11. The summed E-state index contributed by atoms with van der Waals surface area (Å²) in [4.78, 5) is 13.5. The number of unbranched alkanes of at least 4 members (excludes halogenated alkanes) is 46. The van der Waals surface area contributed by atoms with Gasteiger partial charge >= 0.3 is 0 Å². The van der Waals surface area contributed by atoms with Crippen LogP contribution in [0.3, 0.4) is 0 Å². The van der Waals surface area contributed by atoms with E-state index in [1.807, 2.05) is 6.08 Å². The van der Waals surface area contributed by atoms with Gasteiger partial charge in [-0.2, -0.15) is 0 Å². The number of amides is 1. The smallest absolute Gasteiger partial charge is 0.220 e. The highest BCUT2D eigenvalue weighted by atomic mass is 16.8. The molecule has 0 spiro atoms. The fourth-order valence-electron chi connectivity index (χ4n) is 13.8. The first-order chi connectivity index (χ1) is 47.3. The highest BCUT2D eigenvalue weighted by Gasteiger charge is 2.54. The van der Waals surface area contributed by atoms with Gasteiger partial charge in [-0.3, -0.25) is 4.79 Å². The van der Waals surface area contributed by atoms with Gasteiger partial charge in [-0.05, 0) is 32.1 Å². The third-order valence-electron chi connectivity index (χ3n) is 20.3. The molecule has 19 heteroatoms. The van der Waals surface area contributed by atoms with Gasteiger partial charge in [0.1, 0.15) is 73.2 Å². The molecule has 17 atom stereocenters. The van der Waals surface area contributed by atoms with E-state index in [0.717, 1.165) is 38.5 Å². The first kappa shape index (κ1) is 89.5. The maximum absolute atomic E-state index is 13.5. The Morgan fingerprint density at radius 1 is 0.361 bits per heavy atom. The lowest BCUT2D eigenvalue weighted by Crippen LogP contribution is -2.66. The van der Waals surface area contributed by atoms with E-state index in [1.165, 1.54) is 263 Å². The molecule has 572 valence electrons. The molecule has 1 amide bonds. The summed E-state index contributed by atoms with van der Waals surface area (Å²) in [5.41, 5.74) is 0. The highest BCUT2D eigenvalue weighted by Crippen LogP contribution is 2.33. The molecule has 3 fully saturated rings. The van der Waals surface area contributed by atoms with Gasteiger partial charge in [0.15, 0.2) is 18.9 Å². The van der Waals surface area contributed by atoms with Crippen LogP contribution in [0.5, 0.6) is 0 Å². The highest BCUT2D eigenvalue weighted by molar-refractivity contribution is 5.76. The average molecular weight is 1390 g/mol. The van der Waals surface area contributed by atoms with E-state index >= 15 is 0 Å². The Morgan fingerprint density at radius 3 is 1.03 bits per heavy atom. The molecule has 0 aromatic rings. The first-order valence-electron chi connectivity index (χ1n) is 40.1. The number of ether oxygens (including phenoxy) is 6. The molecule has 0 bridgehead atoms. The maximum atomic E-state index is 13.5. The molecule has 0 radical (unpaired) electrons. The van der Waals surface area contributed by atoms with Gasteiger partial charge in [-0.1, -0.05) is 321 Å². The molecule has 0 saturated carbocycles. The second kappa shape index (κ2) is 59.6. The molecule has 3 aliphatic heterocycles. The van der Waals surface area contributed by atoms with Crippen LogP contribution in [0, 0.1) is 0 Å². The van der Waals surface area contributed by atoms with Gasteiger partial charge in [0.25, 0.3) is 0 Å². The maximum Gasteiger partial charge on any atom is 0.220 e. The number of nitrogens with one attached hydrogen (secondary N) is 1. The van der Waals surface area contributed by atoms with Crippen molar-refractivity contribution in [3.8, 4) is 0 Å². The van der Waals surface area contributed by atoms with Crippen LogP contribution in [0.4, 0.5) is 0 Å². The monoisotopic (exact) mass is 1390 g/mol. The van der Waals surface area contributed by atoms with Crippen molar-refractivity contribution in [2.24, 2.45) is 0 Å². The van der Waals surface area contributed by atoms with Gasteiger partial charge in [-0.25, -0.2) is 0 Å². The van der Waals surface area contributed by atoms with Crippen molar-refractivity contribution >= 4 is 5.91 Å². The van der Waals surface area contributed by atoms with Crippen LogP contribution in [0.1, 0.15) is 335 Å². The van der Waals surface area contributed by atoms with E-state index in [4.69, 9.17) is 28.4 Å². The molecule has 3 saturated heterocycles. The Labute approximate surface area is 588 Å². The third-order valence-corrected chi connectivity index (χ3v) is 20.3. The number of hydrogen-bond acceptors (Lipinski definition) is 18. The van der Waals surface area contributed by atoms with Gasteiger partial charge in [-0.15, -0.1) is 0 Å². The molecule has 0 aromatic carbocycles. The molecule has 3 aliphatic rings. The molecule has 0 aromatic heterocycles. The summed E-state index contributed by atoms with van der Waals surface area (Å²) in [5, 5.41) is 121. The number of allylic oxidation sites excluding steroid dienone is 3. The van der Waals surface area contributed by atoms with Gasteiger partial charge < -0.3 is 89.9 Å². The lowest BCUT2D eigenvalue weighted by Gasteiger charge is -2.48. The zero-order chi connectivity index (χ0) is 70.4. The number of carbonyl (C=O) groups excluding carboxylic acids is 1. The van der Waals surface area contributed by atoms with E-state index < -0.39 is 124 Å². The summed E-state index contributed by atoms with van der Waals surface area (Å²) in [6.07, 6.45) is 44.6. The van der Waals surface area contributed by atoms with Gasteiger partial charge in [0, 0.05) is 6.42 Å². The standard InChI is InChI=1S/C78H147NO18/c1-3-5-7-9-11-13-15-17-19-21-23-25-27-29-30-31-32-33-35-37-39-41-43-45-47-49-51-53-55-62(83)61(79-66(84)56-54-52-50-48-46-44-42-40-38-36-34-28-26-24-22-20-18-16-14-12-10-8-6-4-2)60-92-76-72(90)69(87)74(64(58-81)94-76)97-78-73(91)70(88)75(65(59-82)95-78)96-77-71(89)68(86)67(85)63(57-80)93-77/h45,47,53,55,61-65,67-78,80-83,85-91H,3-44,46,48-52,54,56-60H2,1-2H3,(H,79,84)/b47-45+,55-53+. The normalized spacial score (nSPS) is 27.0. The van der Waals surface area contributed by atoms with Crippen LogP contribution in [-0.2, 0) is 33.2 Å². The van der Waals surface area contributed by atoms with E-state index in [2.05, 4.69) is 31.3 Å². The molecule has 3 rings (SSSR count). The summed E-state index contributed by atoms with van der Waals surface area (Å²) < 4.78 is 34.4. The fraction of sp³-hybridized carbons (Fsp3) is 0.936. The number of rotatable bonds is 64. The Balaban J connectivity index is 1.39. The summed E-state index contributed by atoms with van der Waals surface area (Å²) in [6.45, 7) is 1.78. The van der Waals surface area contributed by atoms with Crippen LogP contribution in [0.2, 0.25) is 0 Å². The van der Waals surface area contributed by atoms with Crippen molar-refractivity contribution in [1.29, 1.82) is 0 Å². The van der Waals surface area contributed by atoms with Gasteiger partial charge in [0.05, 0.1) is 38.6 Å². The van der Waals surface area contributed by atoms with Crippen molar-refractivity contribution in [2.75, 3.05) is 26.4 Å². The van der Waals surface area contributed by atoms with Crippen molar-refractivity contribution in [3.05, 3.63) is 24.3 Å². The van der Waals surface area contributed by atoms with Gasteiger partial charge in [0.2, 0.25) is 5.91 Å². The molecular formula is C78H147NO18.